The van der Waals surface area contributed by atoms with Crippen LogP contribution in [0.3, 0.4) is 0 Å². The van der Waals surface area contributed by atoms with E-state index in [0.29, 0.717) is 6.54 Å². The fourth-order valence-corrected chi connectivity index (χ4v) is 3.31. The average molecular weight is 352 g/mol. The van der Waals surface area contributed by atoms with Gasteiger partial charge in [-0.25, -0.2) is 0 Å². The molecular formula is C21H28N4O. The van der Waals surface area contributed by atoms with Crippen molar-refractivity contribution in [1.82, 2.24) is 14.8 Å². The van der Waals surface area contributed by atoms with Crippen molar-refractivity contribution in [3.63, 3.8) is 0 Å². The highest BCUT2D eigenvalue weighted by Crippen LogP contribution is 2.18. The van der Waals surface area contributed by atoms with Gasteiger partial charge in [0.2, 0.25) is 5.91 Å². The smallest absolute Gasteiger partial charge is 0.238 e. The molecule has 0 saturated carbocycles. The SMILES string of the molecule is Cc1cccc(NC(=O)CN2CCN(Cc3cccnc3C)CC2)c1C. The predicted molar refractivity (Wildman–Crippen MR) is 105 cm³/mol. The molecule has 0 aliphatic carbocycles. The first kappa shape index (κ1) is 18.5. The van der Waals surface area contributed by atoms with Crippen LogP contribution in [0, 0.1) is 20.8 Å². The first-order chi connectivity index (χ1) is 12.5. The number of hydrogen-bond donors (Lipinski definition) is 1. The summed E-state index contributed by atoms with van der Waals surface area (Å²) in [6, 6.07) is 10.2. The summed E-state index contributed by atoms with van der Waals surface area (Å²) in [6.45, 7) is 11.3. The van der Waals surface area contributed by atoms with Crippen molar-refractivity contribution in [3.8, 4) is 0 Å². The number of anilines is 1. The number of carbonyl (C=O) groups excluding carboxylic acids is 1. The van der Waals surface area contributed by atoms with Crippen molar-refractivity contribution in [2.75, 3.05) is 38.0 Å². The number of benzene rings is 1. The Bertz CT molecular complexity index is 766. The van der Waals surface area contributed by atoms with Crippen LogP contribution >= 0.6 is 0 Å². The fraction of sp³-hybridized carbons (Fsp3) is 0.429. The minimum absolute atomic E-state index is 0.0650. The fourth-order valence-electron chi connectivity index (χ4n) is 3.31. The lowest BCUT2D eigenvalue weighted by Gasteiger charge is -2.34. The molecular weight excluding hydrogens is 324 g/mol. The zero-order valence-corrected chi connectivity index (χ0v) is 16.0. The van der Waals surface area contributed by atoms with E-state index in [1.807, 2.05) is 31.3 Å². The van der Waals surface area contributed by atoms with Gasteiger partial charge in [0, 0.05) is 50.3 Å². The molecule has 0 atom stereocenters. The van der Waals surface area contributed by atoms with Crippen LogP contribution in [0.2, 0.25) is 0 Å². The van der Waals surface area contributed by atoms with E-state index in [1.54, 1.807) is 0 Å². The van der Waals surface area contributed by atoms with Crippen molar-refractivity contribution in [2.45, 2.75) is 27.3 Å². The summed E-state index contributed by atoms with van der Waals surface area (Å²) in [7, 11) is 0. The van der Waals surface area contributed by atoms with E-state index in [-0.39, 0.29) is 5.91 Å². The third-order valence-electron chi connectivity index (χ3n) is 5.22. The molecule has 1 aliphatic heterocycles. The van der Waals surface area contributed by atoms with Gasteiger partial charge in [-0.3, -0.25) is 19.6 Å². The molecule has 1 aliphatic rings. The number of carbonyl (C=O) groups is 1. The zero-order valence-electron chi connectivity index (χ0n) is 16.0. The Balaban J connectivity index is 1.47. The van der Waals surface area contributed by atoms with Gasteiger partial charge in [0.25, 0.3) is 0 Å². The zero-order chi connectivity index (χ0) is 18.5. The van der Waals surface area contributed by atoms with Crippen LogP contribution in [0.25, 0.3) is 0 Å². The van der Waals surface area contributed by atoms with Gasteiger partial charge in [-0.15, -0.1) is 0 Å². The molecule has 2 heterocycles. The standard InChI is InChI=1S/C21H28N4O/c1-16-6-4-8-20(17(16)2)23-21(26)15-25-12-10-24(11-13-25)14-19-7-5-9-22-18(19)3/h4-9H,10-15H2,1-3H3,(H,23,26). The highest BCUT2D eigenvalue weighted by Gasteiger charge is 2.19. The molecule has 5 heteroatoms. The number of rotatable bonds is 5. The first-order valence-corrected chi connectivity index (χ1v) is 9.24. The molecule has 5 nitrogen and oxygen atoms in total. The van der Waals surface area contributed by atoms with Gasteiger partial charge >= 0.3 is 0 Å². The van der Waals surface area contributed by atoms with Crippen LogP contribution in [-0.2, 0) is 11.3 Å². The van der Waals surface area contributed by atoms with Crippen molar-refractivity contribution in [1.29, 1.82) is 0 Å². The van der Waals surface area contributed by atoms with Gasteiger partial charge in [0.05, 0.1) is 6.54 Å². The Morgan fingerprint density at radius 3 is 2.50 bits per heavy atom. The van der Waals surface area contributed by atoms with E-state index < -0.39 is 0 Å². The van der Waals surface area contributed by atoms with E-state index in [1.165, 1.54) is 11.1 Å². The van der Waals surface area contributed by atoms with Crippen LogP contribution in [0.1, 0.15) is 22.4 Å². The van der Waals surface area contributed by atoms with Gasteiger partial charge in [0.1, 0.15) is 0 Å². The largest absolute Gasteiger partial charge is 0.325 e. The molecule has 2 aromatic rings. The summed E-state index contributed by atoms with van der Waals surface area (Å²) in [5, 5.41) is 3.05. The Morgan fingerprint density at radius 2 is 1.77 bits per heavy atom. The minimum Gasteiger partial charge on any atom is -0.325 e. The molecule has 0 radical (unpaired) electrons. The molecule has 1 fully saturated rings. The number of nitrogens with one attached hydrogen (secondary N) is 1. The van der Waals surface area contributed by atoms with Gasteiger partial charge < -0.3 is 5.32 Å². The highest BCUT2D eigenvalue weighted by molar-refractivity contribution is 5.93. The van der Waals surface area contributed by atoms with Crippen LogP contribution in [0.4, 0.5) is 5.69 Å². The lowest BCUT2D eigenvalue weighted by molar-refractivity contribution is -0.117. The molecule has 0 bridgehead atoms. The minimum atomic E-state index is 0.0650. The van der Waals surface area contributed by atoms with Crippen molar-refractivity contribution in [3.05, 3.63) is 58.9 Å². The quantitative estimate of drug-likeness (QED) is 0.899. The molecule has 0 unspecified atom stereocenters. The molecule has 1 saturated heterocycles. The lowest BCUT2D eigenvalue weighted by Crippen LogP contribution is -2.48. The molecule has 26 heavy (non-hydrogen) atoms. The topological polar surface area (TPSA) is 48.5 Å². The number of amides is 1. The Hall–Kier alpha value is -2.24. The Kier molecular flexibility index (Phi) is 6.01. The summed E-state index contributed by atoms with van der Waals surface area (Å²) in [4.78, 5) is 21.4. The summed E-state index contributed by atoms with van der Waals surface area (Å²) < 4.78 is 0. The van der Waals surface area contributed by atoms with Gasteiger partial charge in [-0.2, -0.15) is 0 Å². The predicted octanol–water partition coefficient (Wildman–Crippen LogP) is 2.76. The van der Waals surface area contributed by atoms with Crippen molar-refractivity contribution < 1.29 is 4.79 Å². The van der Waals surface area contributed by atoms with Crippen LogP contribution in [0.15, 0.2) is 36.5 Å². The highest BCUT2D eigenvalue weighted by atomic mass is 16.2. The maximum absolute atomic E-state index is 12.4. The second-order valence-electron chi connectivity index (χ2n) is 7.10. The lowest BCUT2D eigenvalue weighted by atomic mass is 10.1. The van der Waals surface area contributed by atoms with Crippen molar-refractivity contribution in [2.24, 2.45) is 0 Å². The third-order valence-corrected chi connectivity index (χ3v) is 5.22. The molecule has 1 N–H and O–H groups in total. The summed E-state index contributed by atoms with van der Waals surface area (Å²) in [5.41, 5.74) is 5.64. The summed E-state index contributed by atoms with van der Waals surface area (Å²) in [6.07, 6.45) is 1.84. The number of pyridine rings is 1. The maximum atomic E-state index is 12.4. The van der Waals surface area contributed by atoms with E-state index in [4.69, 9.17) is 0 Å². The molecule has 138 valence electrons. The molecule has 1 amide bonds. The molecule has 1 aromatic carbocycles. The number of nitrogens with zero attached hydrogens (tertiary/aromatic N) is 3. The number of aromatic nitrogens is 1. The second kappa shape index (κ2) is 8.43. The number of piperazine rings is 1. The van der Waals surface area contributed by atoms with Crippen molar-refractivity contribution >= 4 is 11.6 Å². The average Bonchev–Trinajstić information content (AvgIpc) is 2.62. The monoisotopic (exact) mass is 352 g/mol. The van der Waals surface area contributed by atoms with E-state index in [0.717, 1.165) is 49.7 Å². The second-order valence-corrected chi connectivity index (χ2v) is 7.10. The first-order valence-electron chi connectivity index (χ1n) is 9.24. The van der Waals surface area contributed by atoms with E-state index in [9.17, 15) is 4.79 Å². The Morgan fingerprint density at radius 1 is 1.04 bits per heavy atom. The van der Waals surface area contributed by atoms with Crippen LogP contribution in [-0.4, -0.2) is 53.4 Å². The van der Waals surface area contributed by atoms with Crippen LogP contribution in [0.5, 0.6) is 0 Å². The maximum Gasteiger partial charge on any atom is 0.238 e. The molecule has 1 aromatic heterocycles. The molecule has 3 rings (SSSR count). The van der Waals surface area contributed by atoms with Gasteiger partial charge in [0.15, 0.2) is 0 Å². The Labute approximate surface area is 156 Å². The van der Waals surface area contributed by atoms with Gasteiger partial charge in [-0.1, -0.05) is 18.2 Å². The van der Waals surface area contributed by atoms with E-state index >= 15 is 0 Å². The van der Waals surface area contributed by atoms with E-state index in [2.05, 4.69) is 46.1 Å². The molecule has 0 spiro atoms. The normalized spacial score (nSPS) is 15.8. The summed E-state index contributed by atoms with van der Waals surface area (Å²) >= 11 is 0. The third kappa shape index (κ3) is 4.68. The van der Waals surface area contributed by atoms with Gasteiger partial charge in [-0.05, 0) is 49.6 Å². The number of hydrogen-bond acceptors (Lipinski definition) is 4. The number of aryl methyl sites for hydroxylation is 2. The summed E-state index contributed by atoms with van der Waals surface area (Å²) in [5.74, 6) is 0.0650. The van der Waals surface area contributed by atoms with Crippen LogP contribution < -0.4 is 5.32 Å².